The molecule has 2 fully saturated rings. The number of primary amides is 2. The van der Waals surface area contributed by atoms with Gasteiger partial charge >= 0.3 is 19.8 Å². The maximum absolute atomic E-state index is 13.9. The largest absolute Gasteiger partial charge is 0.481 e. The zero-order chi connectivity index (χ0) is 48.8. The highest BCUT2D eigenvalue weighted by Gasteiger charge is 2.43. The molecule has 2 heterocycles. The number of nitrogens with two attached hydrogens (primary N) is 3. The third-order valence-electron chi connectivity index (χ3n) is 10.1. The van der Waals surface area contributed by atoms with Crippen molar-refractivity contribution in [2.75, 3.05) is 19.7 Å². The molecular formula is C35H57N10O18P. The molecule has 28 nitrogen and oxygen atoms in total. The second kappa shape index (κ2) is 24.3. The van der Waals surface area contributed by atoms with E-state index in [9.17, 15) is 82.4 Å². The lowest BCUT2D eigenvalue weighted by atomic mass is 10.0. The van der Waals surface area contributed by atoms with Crippen LogP contribution >= 0.6 is 7.82 Å². The lowest BCUT2D eigenvalue weighted by Crippen LogP contribution is -2.62. The van der Waals surface area contributed by atoms with Crippen LogP contribution in [0.4, 0.5) is 0 Å². The van der Waals surface area contributed by atoms with Gasteiger partial charge in [0.2, 0.25) is 53.2 Å². The Bertz CT molecular complexity index is 1850. The fourth-order valence-electron chi connectivity index (χ4n) is 6.84. The topological polar surface area (TPSA) is 460 Å². The minimum absolute atomic E-state index is 0.0386. The van der Waals surface area contributed by atoms with Gasteiger partial charge < -0.3 is 78.7 Å². The van der Waals surface area contributed by atoms with Crippen LogP contribution in [-0.4, -0.2) is 174 Å². The molecule has 9 atom stereocenters. The van der Waals surface area contributed by atoms with Crippen LogP contribution in [0.3, 0.4) is 0 Å². The summed E-state index contributed by atoms with van der Waals surface area (Å²) in [6, 6.07) is -13.0. The van der Waals surface area contributed by atoms with Gasteiger partial charge in [0.15, 0.2) is 0 Å². The van der Waals surface area contributed by atoms with E-state index in [1.54, 1.807) is 0 Å². The first kappa shape index (κ1) is 54.3. The van der Waals surface area contributed by atoms with Gasteiger partial charge in [-0.2, -0.15) is 0 Å². The summed E-state index contributed by atoms with van der Waals surface area (Å²) in [6.45, 7) is 2.58. The molecule has 2 saturated heterocycles. The third-order valence-corrected chi connectivity index (χ3v) is 10.5. The monoisotopic (exact) mass is 936 g/mol. The number of aliphatic carboxylic acids is 2. The molecule has 9 amide bonds. The van der Waals surface area contributed by atoms with Crippen LogP contribution in [-0.2, 0) is 61.8 Å². The molecule has 0 aromatic rings. The summed E-state index contributed by atoms with van der Waals surface area (Å²) in [5, 5.41) is 40.3. The maximum Gasteiger partial charge on any atom is 0.469 e. The Labute approximate surface area is 365 Å². The molecular weight excluding hydrogens is 879 g/mol. The molecule has 29 heteroatoms. The smallest absolute Gasteiger partial charge is 0.469 e. The molecule has 0 aliphatic carbocycles. The first-order valence-electron chi connectivity index (χ1n) is 19.9. The van der Waals surface area contributed by atoms with Crippen LogP contribution < -0.4 is 43.8 Å². The zero-order valence-corrected chi connectivity index (χ0v) is 36.1. The number of carbonyl (C=O) groups is 11. The molecule has 0 aromatic carbocycles. The molecule has 0 unspecified atom stereocenters. The van der Waals surface area contributed by atoms with Gasteiger partial charge in [-0.15, -0.1) is 0 Å². The molecule has 360 valence electrons. The van der Waals surface area contributed by atoms with Crippen molar-refractivity contribution in [2.24, 2.45) is 23.1 Å². The highest BCUT2D eigenvalue weighted by Crippen LogP contribution is 2.35. The molecule has 2 aliphatic rings. The number of carboxylic acid groups (broad SMARTS) is 2. The first-order valence-corrected chi connectivity index (χ1v) is 21.5. The number of hydrogen-bond acceptors (Lipinski definition) is 15. The highest BCUT2D eigenvalue weighted by atomic mass is 31.2. The number of hydrogen-bond donors (Lipinski definition) is 13. The van der Waals surface area contributed by atoms with Crippen LogP contribution in [0.15, 0.2) is 0 Å². The molecule has 16 N–H and O–H groups in total. The van der Waals surface area contributed by atoms with Gasteiger partial charge in [0.05, 0.1) is 31.6 Å². The van der Waals surface area contributed by atoms with Gasteiger partial charge in [0.25, 0.3) is 0 Å². The Morgan fingerprint density at radius 3 is 1.62 bits per heavy atom. The van der Waals surface area contributed by atoms with Gasteiger partial charge in [-0.25, -0.2) is 9.36 Å². The van der Waals surface area contributed by atoms with Gasteiger partial charge in [-0.05, 0) is 44.9 Å². The summed E-state index contributed by atoms with van der Waals surface area (Å²) in [6.07, 6.45) is -3.84. The van der Waals surface area contributed by atoms with Crippen molar-refractivity contribution in [1.82, 2.24) is 36.4 Å². The predicted octanol–water partition coefficient (Wildman–Crippen LogP) is -6.43. The Hall–Kier alpha value is -5.80. The summed E-state index contributed by atoms with van der Waals surface area (Å²) in [5.74, 6) is -13.1. The molecule has 0 bridgehead atoms. The van der Waals surface area contributed by atoms with E-state index < -0.39 is 166 Å². The average molecular weight is 937 g/mol. The number of phosphoric acid groups is 1. The number of likely N-dealkylation sites (tertiary alicyclic amines) is 2. The van der Waals surface area contributed by atoms with E-state index in [0.717, 1.165) is 16.7 Å². The zero-order valence-electron chi connectivity index (χ0n) is 35.2. The summed E-state index contributed by atoms with van der Waals surface area (Å²) < 4.78 is 15.8. The van der Waals surface area contributed by atoms with Crippen molar-refractivity contribution < 1.29 is 86.9 Å². The fraction of sp³-hybridized carbons (Fsp3) is 0.686. The number of nitrogens with zero attached hydrogens (tertiary/aromatic N) is 2. The summed E-state index contributed by atoms with van der Waals surface area (Å²) in [5.41, 5.74) is 16.3. The van der Waals surface area contributed by atoms with Gasteiger partial charge in [-0.1, -0.05) is 13.8 Å². The van der Waals surface area contributed by atoms with Crippen LogP contribution in [0, 0.1) is 5.92 Å². The van der Waals surface area contributed by atoms with Crippen molar-refractivity contribution in [2.45, 2.75) is 127 Å². The Morgan fingerprint density at radius 2 is 1.17 bits per heavy atom. The molecule has 2 aliphatic heterocycles. The average Bonchev–Trinajstić information content (AvgIpc) is 3.88. The van der Waals surface area contributed by atoms with Crippen LogP contribution in [0.5, 0.6) is 0 Å². The SMILES string of the molecule is CC(C)[C@H](NC(=O)[C@H](COP(=O)(O)O)NC(=O)[C@@H](NC(=O)[C@H](CCC(=O)O)NC(=O)[C@@H]1CCCN1C(=O)[C@H](CC(N)=O)NC(=O)[C@@H]1CCCN1C(=O)[C@@H](N)CC(N)=O)[C@@H](C)O)C(=O)O. The van der Waals surface area contributed by atoms with Gasteiger partial charge in [-0.3, -0.25) is 52.5 Å². The molecule has 2 rings (SSSR count). The number of amides is 9. The highest BCUT2D eigenvalue weighted by molar-refractivity contribution is 7.46. The standard InChI is InChI=1S/C35H57N10O18P/c1-15(2)26(35(58)59)42-29(52)20(14-63-64(60,61)62)41-32(55)27(16(3)46)43-28(51)18(8-9-25(49)50)39-30(53)22-7-5-11-45(22)34(57)19(13-24(38)48)40-31(54)21-6-4-10-44(21)33(56)17(36)12-23(37)47/h15-22,26-27,46H,4-14,36H2,1-3H3,(H2,37,47)(H2,38,48)(H,39,53)(H,40,54)(H,41,55)(H,42,52)(H,43,51)(H,49,50)(H,58,59)(H2,60,61,62)/t16-,17+,18+,19+,20+,21+,22+,26+,27+/m1/s1. The van der Waals surface area contributed by atoms with E-state index in [2.05, 4.69) is 25.8 Å². The van der Waals surface area contributed by atoms with E-state index in [-0.39, 0.29) is 32.4 Å². The number of aliphatic hydroxyl groups excluding tert-OH is 1. The van der Waals surface area contributed by atoms with Crippen molar-refractivity contribution >= 4 is 72.9 Å². The van der Waals surface area contributed by atoms with Crippen LogP contribution in [0.25, 0.3) is 0 Å². The summed E-state index contributed by atoms with van der Waals surface area (Å²) >= 11 is 0. The second-order valence-electron chi connectivity index (χ2n) is 15.5. The van der Waals surface area contributed by atoms with E-state index in [1.165, 1.54) is 13.8 Å². The van der Waals surface area contributed by atoms with E-state index in [4.69, 9.17) is 17.2 Å². The predicted molar refractivity (Wildman–Crippen MR) is 214 cm³/mol. The van der Waals surface area contributed by atoms with E-state index >= 15 is 0 Å². The minimum atomic E-state index is -5.29. The van der Waals surface area contributed by atoms with Gasteiger partial charge in [0.1, 0.15) is 42.3 Å². The molecule has 64 heavy (non-hydrogen) atoms. The lowest BCUT2D eigenvalue weighted by Gasteiger charge is -2.31. The van der Waals surface area contributed by atoms with Crippen LogP contribution in [0.2, 0.25) is 0 Å². The fourth-order valence-corrected chi connectivity index (χ4v) is 7.18. The molecule has 0 aromatic heterocycles. The maximum atomic E-state index is 13.9. The number of nitrogens with one attached hydrogen (secondary N) is 5. The normalized spacial score (nSPS) is 19.5. The summed E-state index contributed by atoms with van der Waals surface area (Å²) in [4.78, 5) is 161. The van der Waals surface area contributed by atoms with E-state index in [1.807, 2.05) is 5.32 Å². The number of rotatable bonds is 25. The van der Waals surface area contributed by atoms with Crippen molar-refractivity contribution in [1.29, 1.82) is 0 Å². The van der Waals surface area contributed by atoms with Crippen LogP contribution in [0.1, 0.15) is 72.1 Å². The Morgan fingerprint density at radius 1 is 0.688 bits per heavy atom. The van der Waals surface area contributed by atoms with Crippen molar-refractivity contribution in [3.63, 3.8) is 0 Å². The van der Waals surface area contributed by atoms with Crippen molar-refractivity contribution in [3.8, 4) is 0 Å². The van der Waals surface area contributed by atoms with Crippen molar-refractivity contribution in [3.05, 3.63) is 0 Å². The number of phosphoric ester groups is 1. The third kappa shape index (κ3) is 16.7. The number of aliphatic hydroxyl groups is 1. The summed E-state index contributed by atoms with van der Waals surface area (Å²) in [7, 11) is -5.29. The molecule has 0 radical (unpaired) electrons. The second-order valence-corrected chi connectivity index (χ2v) is 16.8. The Kier molecular flexibility index (Phi) is 20.6. The quantitative estimate of drug-likeness (QED) is 0.0379. The van der Waals surface area contributed by atoms with E-state index in [0.29, 0.717) is 6.42 Å². The molecule has 0 spiro atoms. The van der Waals surface area contributed by atoms with Gasteiger partial charge in [0, 0.05) is 19.5 Å². The number of carbonyl (C=O) groups excluding carboxylic acids is 9. The first-order chi connectivity index (χ1) is 29.6. The molecule has 0 saturated carbocycles. The Balaban J connectivity index is 2.32. The lowest BCUT2D eigenvalue weighted by molar-refractivity contribution is -0.145. The number of carboxylic acids is 2. The minimum Gasteiger partial charge on any atom is -0.481 e.